The fraction of sp³-hybridized carbons (Fsp3) is 0.250. The second-order valence-electron chi connectivity index (χ2n) is 6.65. The van der Waals surface area contributed by atoms with Gasteiger partial charge in [-0.05, 0) is 35.0 Å². The van der Waals surface area contributed by atoms with Crippen molar-refractivity contribution in [3.8, 4) is 0 Å². The SMILES string of the molecule is Cc1nnnn1[C@H](Cc1ccccc1)C(=O)N(C)Cc1nc2ccccc2s1. The summed E-state index contributed by atoms with van der Waals surface area (Å²) in [6.45, 7) is 2.25. The van der Waals surface area contributed by atoms with Crippen molar-refractivity contribution in [1.82, 2.24) is 30.1 Å². The lowest BCUT2D eigenvalue weighted by Gasteiger charge is -2.23. The van der Waals surface area contributed by atoms with Crippen LogP contribution in [0.3, 0.4) is 0 Å². The van der Waals surface area contributed by atoms with E-state index in [0.29, 0.717) is 18.8 Å². The predicted molar refractivity (Wildman–Crippen MR) is 108 cm³/mol. The summed E-state index contributed by atoms with van der Waals surface area (Å²) in [5, 5.41) is 12.6. The minimum absolute atomic E-state index is 0.0430. The standard InChI is InChI=1S/C20H20N6OS/c1-14-22-23-24-26(14)17(12-15-8-4-3-5-9-15)20(27)25(2)13-19-21-16-10-6-7-11-18(16)28-19/h3-11,17H,12-13H2,1-2H3/t17-/m1/s1. The predicted octanol–water partition coefficient (Wildman–Crippen LogP) is 3.03. The highest BCUT2D eigenvalue weighted by molar-refractivity contribution is 7.18. The molecular weight excluding hydrogens is 372 g/mol. The Balaban J connectivity index is 1.58. The number of rotatable bonds is 6. The molecular formula is C20H20N6OS. The normalized spacial score (nSPS) is 12.2. The Hall–Kier alpha value is -3.13. The number of carbonyl (C=O) groups excluding carboxylic acids is 1. The van der Waals surface area contributed by atoms with Crippen LogP contribution in [0.25, 0.3) is 10.2 Å². The van der Waals surface area contributed by atoms with E-state index in [9.17, 15) is 4.79 Å². The van der Waals surface area contributed by atoms with Crippen LogP contribution in [0.5, 0.6) is 0 Å². The number of nitrogens with zero attached hydrogens (tertiary/aromatic N) is 6. The fourth-order valence-corrected chi connectivity index (χ4v) is 4.19. The molecule has 0 bridgehead atoms. The zero-order chi connectivity index (χ0) is 19.5. The van der Waals surface area contributed by atoms with E-state index in [2.05, 4.69) is 20.5 Å². The number of fused-ring (bicyclic) bond motifs is 1. The summed E-state index contributed by atoms with van der Waals surface area (Å²) < 4.78 is 2.72. The number of carbonyl (C=O) groups is 1. The van der Waals surface area contributed by atoms with Crippen molar-refractivity contribution in [2.75, 3.05) is 7.05 Å². The quantitative estimate of drug-likeness (QED) is 0.504. The van der Waals surface area contributed by atoms with E-state index in [1.54, 1.807) is 34.9 Å². The van der Waals surface area contributed by atoms with Gasteiger partial charge in [0.25, 0.3) is 0 Å². The molecule has 142 valence electrons. The van der Waals surface area contributed by atoms with Gasteiger partial charge in [0.15, 0.2) is 0 Å². The van der Waals surface area contributed by atoms with Crippen LogP contribution in [-0.2, 0) is 17.8 Å². The number of hydrogen-bond donors (Lipinski definition) is 0. The summed E-state index contributed by atoms with van der Waals surface area (Å²) in [6, 6.07) is 17.4. The highest BCUT2D eigenvalue weighted by Crippen LogP contribution is 2.24. The van der Waals surface area contributed by atoms with Crippen molar-refractivity contribution in [1.29, 1.82) is 0 Å². The van der Waals surface area contributed by atoms with Gasteiger partial charge < -0.3 is 4.90 Å². The monoisotopic (exact) mass is 392 g/mol. The van der Waals surface area contributed by atoms with Crippen molar-refractivity contribution in [3.63, 3.8) is 0 Å². The van der Waals surface area contributed by atoms with E-state index in [-0.39, 0.29) is 5.91 Å². The molecule has 2 heterocycles. The first-order valence-corrected chi connectivity index (χ1v) is 9.81. The van der Waals surface area contributed by atoms with E-state index in [4.69, 9.17) is 0 Å². The molecule has 2 aromatic heterocycles. The molecule has 1 amide bonds. The van der Waals surface area contributed by atoms with E-state index in [0.717, 1.165) is 20.8 Å². The van der Waals surface area contributed by atoms with Gasteiger partial charge in [0.2, 0.25) is 5.91 Å². The van der Waals surface area contributed by atoms with E-state index in [1.165, 1.54) is 0 Å². The lowest BCUT2D eigenvalue weighted by molar-refractivity contribution is -0.134. The molecule has 0 spiro atoms. The van der Waals surface area contributed by atoms with Gasteiger partial charge in [-0.1, -0.05) is 42.5 Å². The molecule has 8 heteroatoms. The molecule has 0 fully saturated rings. The molecule has 0 saturated carbocycles. The maximum atomic E-state index is 13.3. The van der Waals surface area contributed by atoms with Gasteiger partial charge in [0, 0.05) is 13.5 Å². The maximum absolute atomic E-state index is 13.3. The van der Waals surface area contributed by atoms with Crippen LogP contribution in [0.1, 0.15) is 22.4 Å². The third-order valence-corrected chi connectivity index (χ3v) is 5.62. The molecule has 0 radical (unpaired) electrons. The van der Waals surface area contributed by atoms with Gasteiger partial charge >= 0.3 is 0 Å². The lowest BCUT2D eigenvalue weighted by Crippen LogP contribution is -2.36. The second-order valence-corrected chi connectivity index (χ2v) is 7.76. The largest absolute Gasteiger partial charge is 0.337 e. The van der Waals surface area contributed by atoms with E-state index >= 15 is 0 Å². The number of hydrogen-bond acceptors (Lipinski definition) is 6. The minimum atomic E-state index is -0.503. The van der Waals surface area contributed by atoms with Crippen molar-refractivity contribution in [2.24, 2.45) is 0 Å². The summed E-state index contributed by atoms with van der Waals surface area (Å²) in [7, 11) is 1.80. The topological polar surface area (TPSA) is 76.8 Å². The summed E-state index contributed by atoms with van der Waals surface area (Å²) in [5.41, 5.74) is 2.02. The first kappa shape index (κ1) is 18.2. The van der Waals surface area contributed by atoms with Crippen molar-refractivity contribution in [3.05, 3.63) is 71.0 Å². The molecule has 0 saturated heterocycles. The molecule has 0 unspecified atom stereocenters. The molecule has 7 nitrogen and oxygen atoms in total. The highest BCUT2D eigenvalue weighted by atomic mass is 32.1. The molecule has 0 N–H and O–H groups in total. The Bertz CT molecular complexity index is 1060. The van der Waals surface area contributed by atoms with Crippen LogP contribution >= 0.6 is 11.3 Å². The van der Waals surface area contributed by atoms with Crippen LogP contribution < -0.4 is 0 Å². The third kappa shape index (κ3) is 3.77. The molecule has 4 rings (SSSR count). The summed E-state index contributed by atoms with van der Waals surface area (Å²) in [4.78, 5) is 19.6. The van der Waals surface area contributed by atoms with Crippen LogP contribution in [0.15, 0.2) is 54.6 Å². The minimum Gasteiger partial charge on any atom is -0.337 e. The molecule has 4 aromatic rings. The number of aryl methyl sites for hydroxylation is 1. The average molecular weight is 392 g/mol. The maximum Gasteiger partial charge on any atom is 0.248 e. The number of likely N-dealkylation sites (N-methyl/N-ethyl adjacent to an activating group) is 1. The second kappa shape index (κ2) is 7.85. The first-order chi connectivity index (χ1) is 13.6. The molecule has 2 aromatic carbocycles. The number of thiazole rings is 1. The Morgan fingerprint density at radius 3 is 2.61 bits per heavy atom. The smallest absolute Gasteiger partial charge is 0.248 e. The third-order valence-electron chi connectivity index (χ3n) is 4.60. The average Bonchev–Trinajstić information content (AvgIpc) is 3.31. The molecule has 28 heavy (non-hydrogen) atoms. The van der Waals surface area contributed by atoms with E-state index < -0.39 is 6.04 Å². The number of benzene rings is 2. The summed E-state index contributed by atoms with van der Waals surface area (Å²) >= 11 is 1.61. The number of amides is 1. The number of para-hydroxylation sites is 1. The van der Waals surface area contributed by atoms with Crippen molar-refractivity contribution >= 4 is 27.5 Å². The Morgan fingerprint density at radius 1 is 1.14 bits per heavy atom. The van der Waals surface area contributed by atoms with Gasteiger partial charge in [-0.15, -0.1) is 16.4 Å². The van der Waals surface area contributed by atoms with E-state index in [1.807, 2.05) is 54.6 Å². The zero-order valence-electron chi connectivity index (χ0n) is 15.7. The van der Waals surface area contributed by atoms with Crippen LogP contribution in [0.2, 0.25) is 0 Å². The Kier molecular flexibility index (Phi) is 5.12. The van der Waals surface area contributed by atoms with Gasteiger partial charge in [-0.3, -0.25) is 4.79 Å². The van der Waals surface area contributed by atoms with Crippen LogP contribution in [-0.4, -0.2) is 43.0 Å². The Labute approximate surface area is 166 Å². The first-order valence-electron chi connectivity index (χ1n) is 8.99. The molecule has 0 aliphatic heterocycles. The molecule has 0 aliphatic rings. The summed E-state index contributed by atoms with van der Waals surface area (Å²) in [5.74, 6) is 0.571. The van der Waals surface area contributed by atoms with Gasteiger partial charge in [0.1, 0.15) is 16.9 Å². The van der Waals surface area contributed by atoms with Crippen molar-refractivity contribution in [2.45, 2.75) is 25.9 Å². The van der Waals surface area contributed by atoms with Crippen LogP contribution in [0, 0.1) is 6.92 Å². The highest BCUT2D eigenvalue weighted by Gasteiger charge is 2.27. The van der Waals surface area contributed by atoms with Crippen LogP contribution in [0.4, 0.5) is 0 Å². The molecule has 0 aliphatic carbocycles. The fourth-order valence-electron chi connectivity index (χ4n) is 3.16. The number of aromatic nitrogens is 5. The van der Waals surface area contributed by atoms with Gasteiger partial charge in [0.05, 0.1) is 16.8 Å². The van der Waals surface area contributed by atoms with Gasteiger partial charge in [-0.25, -0.2) is 9.67 Å². The summed E-state index contributed by atoms with van der Waals surface area (Å²) in [6.07, 6.45) is 0.524. The zero-order valence-corrected chi connectivity index (χ0v) is 16.5. The number of tetrazole rings is 1. The van der Waals surface area contributed by atoms with Crippen molar-refractivity contribution < 1.29 is 4.79 Å². The Morgan fingerprint density at radius 2 is 1.89 bits per heavy atom. The molecule has 1 atom stereocenters. The van der Waals surface area contributed by atoms with Gasteiger partial charge in [-0.2, -0.15) is 0 Å². The lowest BCUT2D eigenvalue weighted by atomic mass is 10.0.